The molecule has 0 bridgehead atoms. The van der Waals surface area contributed by atoms with Gasteiger partial charge in [0.25, 0.3) is 0 Å². The molecule has 0 aromatic carbocycles. The lowest BCUT2D eigenvalue weighted by Crippen LogP contribution is -2.46. The van der Waals surface area contributed by atoms with E-state index in [1.54, 1.807) is 13.8 Å². The molecule has 1 heterocycles. The van der Waals surface area contributed by atoms with Crippen LogP contribution in [0.25, 0.3) is 0 Å². The van der Waals surface area contributed by atoms with Crippen LogP contribution >= 0.6 is 0 Å². The summed E-state index contributed by atoms with van der Waals surface area (Å²) in [7, 11) is 0. The third kappa shape index (κ3) is 6.02. The minimum atomic E-state index is -4.12. The second-order valence-corrected chi connectivity index (χ2v) is 5.36. The van der Waals surface area contributed by atoms with Gasteiger partial charge in [0.2, 0.25) is 0 Å². The van der Waals surface area contributed by atoms with Crippen molar-refractivity contribution in [2.24, 2.45) is 5.73 Å². The standard InChI is InChI=1S/C12H24F3N3/c1-10(2)18(9-12(13,14)15)8-7-17-5-3-11(16)4-6-17/h10-11H,3-9,16H2,1-2H3. The second kappa shape index (κ2) is 6.73. The van der Waals surface area contributed by atoms with Gasteiger partial charge in [0.1, 0.15) is 0 Å². The Morgan fingerprint density at radius 1 is 1.28 bits per heavy atom. The number of hydrogen-bond donors (Lipinski definition) is 1. The molecule has 0 aromatic heterocycles. The van der Waals surface area contributed by atoms with Gasteiger partial charge in [-0.3, -0.25) is 4.90 Å². The number of hydrogen-bond acceptors (Lipinski definition) is 3. The number of likely N-dealkylation sites (tertiary alicyclic amines) is 1. The smallest absolute Gasteiger partial charge is 0.328 e. The molecule has 0 radical (unpaired) electrons. The number of alkyl halides is 3. The van der Waals surface area contributed by atoms with Crippen molar-refractivity contribution in [1.82, 2.24) is 9.80 Å². The van der Waals surface area contributed by atoms with E-state index in [4.69, 9.17) is 5.73 Å². The Kier molecular flexibility index (Phi) is 5.88. The molecule has 1 fully saturated rings. The van der Waals surface area contributed by atoms with Gasteiger partial charge in [-0.05, 0) is 39.8 Å². The Labute approximate surface area is 107 Å². The Bertz CT molecular complexity index is 235. The van der Waals surface area contributed by atoms with Crippen LogP contribution in [-0.4, -0.2) is 60.8 Å². The summed E-state index contributed by atoms with van der Waals surface area (Å²) >= 11 is 0. The normalized spacial score (nSPS) is 20.0. The van der Waals surface area contributed by atoms with E-state index in [9.17, 15) is 13.2 Å². The molecule has 6 heteroatoms. The van der Waals surface area contributed by atoms with E-state index < -0.39 is 12.7 Å². The SMILES string of the molecule is CC(C)N(CCN1CCC(N)CC1)CC(F)(F)F. The molecule has 108 valence electrons. The predicted molar refractivity (Wildman–Crippen MR) is 66.4 cm³/mol. The average Bonchev–Trinajstić information content (AvgIpc) is 2.24. The maximum absolute atomic E-state index is 12.4. The Morgan fingerprint density at radius 3 is 2.28 bits per heavy atom. The minimum Gasteiger partial charge on any atom is -0.328 e. The maximum Gasteiger partial charge on any atom is 0.401 e. The lowest BCUT2D eigenvalue weighted by atomic mass is 10.1. The van der Waals surface area contributed by atoms with E-state index in [0.717, 1.165) is 25.9 Å². The summed E-state index contributed by atoms with van der Waals surface area (Å²) in [6, 6.07) is 0.177. The van der Waals surface area contributed by atoms with E-state index in [1.165, 1.54) is 4.90 Å². The lowest BCUT2D eigenvalue weighted by molar-refractivity contribution is -0.150. The van der Waals surface area contributed by atoms with Crippen molar-refractivity contribution in [3.63, 3.8) is 0 Å². The van der Waals surface area contributed by atoms with Crippen LogP contribution in [0, 0.1) is 0 Å². The first kappa shape index (κ1) is 15.7. The second-order valence-electron chi connectivity index (χ2n) is 5.36. The number of piperidine rings is 1. The van der Waals surface area contributed by atoms with E-state index >= 15 is 0 Å². The number of nitrogens with zero attached hydrogens (tertiary/aromatic N) is 2. The summed E-state index contributed by atoms with van der Waals surface area (Å²) in [6.45, 7) is 5.75. The molecule has 3 nitrogen and oxygen atoms in total. The molecule has 0 amide bonds. The topological polar surface area (TPSA) is 32.5 Å². The van der Waals surface area contributed by atoms with Gasteiger partial charge in [0.15, 0.2) is 0 Å². The van der Waals surface area contributed by atoms with Gasteiger partial charge in [0, 0.05) is 25.2 Å². The number of halogens is 3. The van der Waals surface area contributed by atoms with E-state index in [-0.39, 0.29) is 12.1 Å². The van der Waals surface area contributed by atoms with Crippen LogP contribution in [-0.2, 0) is 0 Å². The third-order valence-corrected chi connectivity index (χ3v) is 3.45. The van der Waals surface area contributed by atoms with E-state index in [2.05, 4.69) is 4.90 Å². The highest BCUT2D eigenvalue weighted by molar-refractivity contribution is 4.76. The third-order valence-electron chi connectivity index (χ3n) is 3.45. The first-order chi connectivity index (χ1) is 8.28. The van der Waals surface area contributed by atoms with Crippen molar-refractivity contribution in [2.45, 2.75) is 44.9 Å². The predicted octanol–water partition coefficient (Wildman–Crippen LogP) is 1.68. The van der Waals surface area contributed by atoms with Crippen molar-refractivity contribution in [3.05, 3.63) is 0 Å². The van der Waals surface area contributed by atoms with Crippen LogP contribution in [0.1, 0.15) is 26.7 Å². The summed E-state index contributed by atoms with van der Waals surface area (Å²) in [6.07, 6.45) is -2.23. The van der Waals surface area contributed by atoms with Gasteiger partial charge in [-0.2, -0.15) is 13.2 Å². The zero-order valence-electron chi connectivity index (χ0n) is 11.2. The fourth-order valence-corrected chi connectivity index (χ4v) is 2.20. The van der Waals surface area contributed by atoms with Gasteiger partial charge < -0.3 is 10.6 Å². The average molecular weight is 267 g/mol. The summed E-state index contributed by atoms with van der Waals surface area (Å²) in [5.74, 6) is 0. The molecule has 18 heavy (non-hydrogen) atoms. The highest BCUT2D eigenvalue weighted by atomic mass is 19.4. The first-order valence-corrected chi connectivity index (χ1v) is 6.56. The largest absolute Gasteiger partial charge is 0.401 e. The first-order valence-electron chi connectivity index (χ1n) is 6.56. The molecular weight excluding hydrogens is 243 g/mol. The van der Waals surface area contributed by atoms with Gasteiger partial charge >= 0.3 is 6.18 Å². The Morgan fingerprint density at radius 2 is 1.83 bits per heavy atom. The van der Waals surface area contributed by atoms with Gasteiger partial charge in [-0.25, -0.2) is 0 Å². The molecule has 1 aliphatic heterocycles. The van der Waals surface area contributed by atoms with Crippen molar-refractivity contribution >= 4 is 0 Å². The van der Waals surface area contributed by atoms with Gasteiger partial charge in [-0.15, -0.1) is 0 Å². The zero-order valence-corrected chi connectivity index (χ0v) is 11.2. The molecular formula is C12H24F3N3. The maximum atomic E-state index is 12.4. The minimum absolute atomic E-state index is 0.0846. The number of rotatable bonds is 5. The lowest BCUT2D eigenvalue weighted by Gasteiger charge is -2.33. The molecule has 0 aromatic rings. The van der Waals surface area contributed by atoms with Crippen molar-refractivity contribution < 1.29 is 13.2 Å². The van der Waals surface area contributed by atoms with Crippen LogP contribution in [0.2, 0.25) is 0 Å². The van der Waals surface area contributed by atoms with Gasteiger partial charge in [-0.1, -0.05) is 0 Å². The van der Waals surface area contributed by atoms with Crippen LogP contribution < -0.4 is 5.73 Å². The quantitative estimate of drug-likeness (QED) is 0.822. The van der Waals surface area contributed by atoms with E-state index in [1.807, 2.05) is 0 Å². The molecule has 0 saturated carbocycles. The van der Waals surface area contributed by atoms with Crippen LogP contribution in [0.3, 0.4) is 0 Å². The summed E-state index contributed by atoms with van der Waals surface area (Å²) < 4.78 is 37.2. The highest BCUT2D eigenvalue weighted by Crippen LogP contribution is 2.18. The van der Waals surface area contributed by atoms with Crippen LogP contribution in [0.5, 0.6) is 0 Å². The Balaban J connectivity index is 2.33. The summed E-state index contributed by atoms with van der Waals surface area (Å²) in [5.41, 5.74) is 5.80. The summed E-state index contributed by atoms with van der Waals surface area (Å²) in [4.78, 5) is 3.68. The molecule has 0 aliphatic carbocycles. The molecule has 1 saturated heterocycles. The fraction of sp³-hybridized carbons (Fsp3) is 1.00. The molecule has 0 spiro atoms. The van der Waals surface area contributed by atoms with E-state index in [0.29, 0.717) is 13.1 Å². The summed E-state index contributed by atoms with van der Waals surface area (Å²) in [5, 5.41) is 0. The molecule has 0 atom stereocenters. The molecule has 2 N–H and O–H groups in total. The van der Waals surface area contributed by atoms with Crippen molar-refractivity contribution in [2.75, 3.05) is 32.7 Å². The zero-order chi connectivity index (χ0) is 13.8. The monoisotopic (exact) mass is 267 g/mol. The fourth-order valence-electron chi connectivity index (χ4n) is 2.20. The molecule has 1 rings (SSSR count). The molecule has 1 aliphatic rings. The van der Waals surface area contributed by atoms with Crippen LogP contribution in [0.15, 0.2) is 0 Å². The molecule has 0 unspecified atom stereocenters. The van der Waals surface area contributed by atoms with Gasteiger partial charge in [0.05, 0.1) is 6.54 Å². The van der Waals surface area contributed by atoms with Crippen molar-refractivity contribution in [3.8, 4) is 0 Å². The Hall–Kier alpha value is -0.330. The van der Waals surface area contributed by atoms with Crippen LogP contribution in [0.4, 0.5) is 13.2 Å². The van der Waals surface area contributed by atoms with Crippen molar-refractivity contribution in [1.29, 1.82) is 0 Å². The highest BCUT2D eigenvalue weighted by Gasteiger charge is 2.31. The number of nitrogens with two attached hydrogens (primary N) is 1.